The zero-order valence-corrected chi connectivity index (χ0v) is 18.2. The van der Waals surface area contributed by atoms with E-state index in [9.17, 15) is 19.4 Å². The molecule has 2 N–H and O–H groups in total. The van der Waals surface area contributed by atoms with Crippen molar-refractivity contribution < 1.29 is 24.1 Å². The quantitative estimate of drug-likeness (QED) is 0.402. The van der Waals surface area contributed by atoms with E-state index in [1.54, 1.807) is 37.3 Å². The van der Waals surface area contributed by atoms with Gasteiger partial charge in [-0.15, -0.1) is 0 Å². The van der Waals surface area contributed by atoms with Crippen LogP contribution in [0.2, 0.25) is 0 Å². The number of aromatic nitrogens is 1. The fourth-order valence-electron chi connectivity index (χ4n) is 4.79. The minimum atomic E-state index is -0.979. The molecule has 1 fully saturated rings. The number of carbonyl (C=O) groups is 1. The number of ether oxygens (including phenoxy) is 1. The van der Waals surface area contributed by atoms with Crippen molar-refractivity contribution in [2.45, 2.75) is 25.7 Å². The molecule has 6 heteroatoms. The molecule has 0 spiro atoms. The molecule has 1 aromatic heterocycles. The smallest absolute Gasteiger partial charge is 0.335 e. The van der Waals surface area contributed by atoms with Crippen LogP contribution in [0.5, 0.6) is 5.75 Å². The van der Waals surface area contributed by atoms with E-state index in [-0.39, 0.29) is 23.0 Å². The van der Waals surface area contributed by atoms with Gasteiger partial charge in [0.1, 0.15) is 11.6 Å². The second-order valence-corrected chi connectivity index (χ2v) is 8.50. The average Bonchev–Trinajstić information content (AvgIpc) is 3.15. The summed E-state index contributed by atoms with van der Waals surface area (Å²) in [6, 6.07) is 17.2. The van der Waals surface area contributed by atoms with Crippen molar-refractivity contribution >= 4 is 16.9 Å². The Balaban J connectivity index is 1.85. The largest absolute Gasteiger partial charge is 0.508 e. The number of hydrogen-bond acceptors (Lipinski definition) is 3. The first kappa shape index (κ1) is 21.2. The Morgan fingerprint density at radius 2 is 1.76 bits per heavy atom. The zero-order chi connectivity index (χ0) is 23.1. The topological polar surface area (TPSA) is 71.7 Å². The number of aryl methyl sites for hydroxylation is 1. The molecule has 0 saturated carbocycles. The Morgan fingerprint density at radius 3 is 2.42 bits per heavy atom. The van der Waals surface area contributed by atoms with Gasteiger partial charge in [-0.3, -0.25) is 0 Å². The van der Waals surface area contributed by atoms with Crippen LogP contribution in [0.4, 0.5) is 4.39 Å². The van der Waals surface area contributed by atoms with Gasteiger partial charge >= 0.3 is 5.97 Å². The third-order valence-electron chi connectivity index (χ3n) is 6.42. The average molecular weight is 445 g/mol. The molecule has 33 heavy (non-hydrogen) atoms. The van der Waals surface area contributed by atoms with Crippen LogP contribution in [-0.4, -0.2) is 34.0 Å². The number of aromatic carboxylic acids is 1. The SMILES string of the molecule is Cc1cc(-n2c(C3CCOCC3)c(-c3ccc(C(=O)O)cc3)c3cc(O)ccc32)ccc1F. The van der Waals surface area contributed by atoms with Gasteiger partial charge in [0, 0.05) is 41.5 Å². The lowest BCUT2D eigenvalue weighted by Crippen LogP contribution is -2.17. The normalized spacial score (nSPS) is 14.6. The van der Waals surface area contributed by atoms with Gasteiger partial charge in [-0.2, -0.15) is 0 Å². The molecule has 0 amide bonds. The number of phenolic OH excluding ortho intramolecular Hbond substituents is 1. The predicted molar refractivity (Wildman–Crippen MR) is 125 cm³/mol. The van der Waals surface area contributed by atoms with Gasteiger partial charge in [-0.1, -0.05) is 12.1 Å². The molecule has 4 aromatic rings. The summed E-state index contributed by atoms with van der Waals surface area (Å²) in [5.41, 5.74) is 5.40. The maximum atomic E-state index is 14.1. The highest BCUT2D eigenvalue weighted by Gasteiger charge is 2.28. The lowest BCUT2D eigenvalue weighted by Gasteiger charge is -2.26. The first-order valence-electron chi connectivity index (χ1n) is 11.0. The van der Waals surface area contributed by atoms with Gasteiger partial charge in [0.15, 0.2) is 0 Å². The number of aromatic hydroxyl groups is 1. The molecule has 1 aliphatic heterocycles. The van der Waals surface area contributed by atoms with Crippen LogP contribution < -0.4 is 0 Å². The van der Waals surface area contributed by atoms with Crippen molar-refractivity contribution in [3.05, 3.63) is 83.3 Å². The van der Waals surface area contributed by atoms with E-state index in [1.807, 2.05) is 24.3 Å². The Labute approximate surface area is 190 Å². The Bertz CT molecular complexity index is 1350. The van der Waals surface area contributed by atoms with Crippen LogP contribution in [0.1, 0.15) is 40.4 Å². The van der Waals surface area contributed by atoms with Gasteiger partial charge in [-0.25, -0.2) is 9.18 Å². The number of hydrogen-bond donors (Lipinski definition) is 2. The van der Waals surface area contributed by atoms with Gasteiger partial charge in [0.25, 0.3) is 0 Å². The number of benzene rings is 3. The highest BCUT2D eigenvalue weighted by atomic mass is 19.1. The van der Waals surface area contributed by atoms with E-state index in [1.165, 1.54) is 6.07 Å². The summed E-state index contributed by atoms with van der Waals surface area (Å²) in [7, 11) is 0. The van der Waals surface area contributed by atoms with Crippen molar-refractivity contribution in [2.24, 2.45) is 0 Å². The number of carboxylic acids is 1. The lowest BCUT2D eigenvalue weighted by atomic mass is 9.89. The minimum absolute atomic E-state index is 0.150. The summed E-state index contributed by atoms with van der Waals surface area (Å²) < 4.78 is 21.9. The number of nitrogens with zero attached hydrogens (tertiary/aromatic N) is 1. The summed E-state index contributed by atoms with van der Waals surface area (Å²) in [6.07, 6.45) is 1.67. The molecule has 2 heterocycles. The van der Waals surface area contributed by atoms with Gasteiger partial charge < -0.3 is 19.5 Å². The maximum absolute atomic E-state index is 14.1. The lowest BCUT2D eigenvalue weighted by molar-refractivity contribution is 0.0697. The number of rotatable bonds is 4. The van der Waals surface area contributed by atoms with E-state index in [0.717, 1.165) is 46.3 Å². The van der Waals surface area contributed by atoms with Crippen molar-refractivity contribution in [1.29, 1.82) is 0 Å². The van der Waals surface area contributed by atoms with Crippen molar-refractivity contribution in [3.63, 3.8) is 0 Å². The standard InChI is InChI=1S/C27H24FNO4/c1-16-14-20(6-8-23(16)28)29-24-9-7-21(30)15-22(24)25(26(29)18-10-12-33-13-11-18)17-2-4-19(5-3-17)27(31)32/h2-9,14-15,18,30H,10-13H2,1H3,(H,31,32). The molecule has 0 unspecified atom stereocenters. The Kier molecular flexibility index (Phi) is 5.38. The first-order valence-corrected chi connectivity index (χ1v) is 11.0. The number of fused-ring (bicyclic) bond motifs is 1. The zero-order valence-electron chi connectivity index (χ0n) is 18.2. The molecule has 1 saturated heterocycles. The third kappa shape index (κ3) is 3.76. The molecule has 0 bridgehead atoms. The summed E-state index contributed by atoms with van der Waals surface area (Å²) >= 11 is 0. The monoisotopic (exact) mass is 445 g/mol. The molecule has 5 nitrogen and oxygen atoms in total. The van der Waals surface area contributed by atoms with Crippen molar-refractivity contribution in [3.8, 4) is 22.6 Å². The molecule has 0 aliphatic carbocycles. The Hall–Kier alpha value is -3.64. The second kappa shape index (κ2) is 8.37. The first-order chi connectivity index (χ1) is 15.9. The summed E-state index contributed by atoms with van der Waals surface area (Å²) in [4.78, 5) is 11.4. The number of halogens is 1. The number of carboxylic acid groups (broad SMARTS) is 1. The Morgan fingerprint density at radius 1 is 1.03 bits per heavy atom. The molecular formula is C27H24FNO4. The van der Waals surface area contributed by atoms with Gasteiger partial charge in [0.2, 0.25) is 0 Å². The van der Waals surface area contributed by atoms with Crippen LogP contribution >= 0.6 is 0 Å². The number of phenols is 1. The fraction of sp³-hybridized carbons (Fsp3) is 0.222. The van der Waals surface area contributed by atoms with Crippen molar-refractivity contribution in [1.82, 2.24) is 4.57 Å². The van der Waals surface area contributed by atoms with E-state index >= 15 is 0 Å². The van der Waals surface area contributed by atoms with Crippen LogP contribution in [-0.2, 0) is 4.74 Å². The summed E-state index contributed by atoms with van der Waals surface area (Å²) in [5.74, 6) is -0.900. The van der Waals surface area contributed by atoms with Crippen LogP contribution in [0.15, 0.2) is 60.7 Å². The summed E-state index contributed by atoms with van der Waals surface area (Å²) in [6.45, 7) is 3.05. The maximum Gasteiger partial charge on any atom is 0.335 e. The van der Waals surface area contributed by atoms with E-state index in [2.05, 4.69) is 4.57 Å². The molecular weight excluding hydrogens is 421 g/mol. The van der Waals surface area contributed by atoms with Crippen LogP contribution in [0.3, 0.4) is 0 Å². The molecule has 168 valence electrons. The molecule has 0 atom stereocenters. The second-order valence-electron chi connectivity index (χ2n) is 8.50. The fourth-order valence-corrected chi connectivity index (χ4v) is 4.79. The molecule has 1 aliphatic rings. The van der Waals surface area contributed by atoms with E-state index in [4.69, 9.17) is 4.74 Å². The van der Waals surface area contributed by atoms with Crippen molar-refractivity contribution in [2.75, 3.05) is 13.2 Å². The van der Waals surface area contributed by atoms with Gasteiger partial charge in [-0.05, 0) is 79.4 Å². The summed E-state index contributed by atoms with van der Waals surface area (Å²) in [5, 5.41) is 20.5. The minimum Gasteiger partial charge on any atom is -0.508 e. The highest BCUT2D eigenvalue weighted by Crippen LogP contribution is 2.44. The van der Waals surface area contributed by atoms with E-state index < -0.39 is 5.97 Å². The predicted octanol–water partition coefficient (Wildman–Crippen LogP) is 6.04. The van der Waals surface area contributed by atoms with Crippen LogP contribution in [0.25, 0.3) is 27.7 Å². The highest BCUT2D eigenvalue weighted by molar-refractivity contribution is 6.01. The van der Waals surface area contributed by atoms with Gasteiger partial charge in [0.05, 0.1) is 11.1 Å². The van der Waals surface area contributed by atoms with Crippen LogP contribution in [0, 0.1) is 12.7 Å². The van der Waals surface area contributed by atoms with E-state index in [0.29, 0.717) is 18.8 Å². The molecule has 3 aromatic carbocycles. The third-order valence-corrected chi connectivity index (χ3v) is 6.42. The molecule has 5 rings (SSSR count). The molecule has 0 radical (unpaired) electrons.